The van der Waals surface area contributed by atoms with Crippen LogP contribution in [0.4, 0.5) is 0 Å². The number of hydrogen-bond acceptors (Lipinski definition) is 4. The second-order valence-electron chi connectivity index (χ2n) is 4.73. The number of ether oxygens (including phenoxy) is 1. The summed E-state index contributed by atoms with van der Waals surface area (Å²) in [5, 5.41) is 3.28. The predicted molar refractivity (Wildman–Crippen MR) is 69.0 cm³/mol. The maximum Gasteiger partial charge on any atom is 0.324 e. The third kappa shape index (κ3) is 4.28. The highest BCUT2D eigenvalue weighted by atomic mass is 16.5. The summed E-state index contributed by atoms with van der Waals surface area (Å²) >= 11 is 0. The van der Waals surface area contributed by atoms with E-state index in [2.05, 4.69) is 24.1 Å². The van der Waals surface area contributed by atoms with Crippen molar-refractivity contribution in [2.45, 2.75) is 51.6 Å². The summed E-state index contributed by atoms with van der Waals surface area (Å²) in [6.45, 7) is 7.08. The Hall–Kier alpha value is -0.610. The van der Waals surface area contributed by atoms with Gasteiger partial charge in [0.1, 0.15) is 6.04 Å². The van der Waals surface area contributed by atoms with Gasteiger partial charge in [0.25, 0.3) is 0 Å². The van der Waals surface area contributed by atoms with Crippen LogP contribution in [0.25, 0.3) is 0 Å². The lowest BCUT2D eigenvalue weighted by molar-refractivity contribution is -0.143. The molecule has 0 spiro atoms. The predicted octanol–water partition coefficient (Wildman–Crippen LogP) is 1.40. The molecule has 1 fully saturated rings. The number of carbonyl (C=O) groups is 1. The van der Waals surface area contributed by atoms with E-state index in [1.807, 2.05) is 0 Å². The Morgan fingerprint density at radius 3 is 2.88 bits per heavy atom. The molecule has 0 saturated carbocycles. The molecule has 1 heterocycles. The van der Waals surface area contributed by atoms with Crippen molar-refractivity contribution in [3.05, 3.63) is 0 Å². The minimum absolute atomic E-state index is 0.139. The van der Waals surface area contributed by atoms with Crippen molar-refractivity contribution in [3.63, 3.8) is 0 Å². The van der Waals surface area contributed by atoms with Gasteiger partial charge in [-0.1, -0.05) is 13.8 Å². The minimum atomic E-state index is -0.174. The van der Waals surface area contributed by atoms with Gasteiger partial charge in [0.2, 0.25) is 0 Å². The number of nitrogens with one attached hydrogen (secondary N) is 1. The molecular weight excluding hydrogens is 216 g/mol. The molecule has 1 aliphatic heterocycles. The van der Waals surface area contributed by atoms with Crippen molar-refractivity contribution in [2.24, 2.45) is 0 Å². The van der Waals surface area contributed by atoms with E-state index >= 15 is 0 Å². The Labute approximate surface area is 105 Å². The lowest BCUT2D eigenvalue weighted by Gasteiger charge is -2.27. The number of nitrogens with zero attached hydrogens (tertiary/aromatic N) is 1. The Kier molecular flexibility index (Phi) is 6.52. The number of rotatable bonds is 7. The average molecular weight is 242 g/mol. The molecule has 17 heavy (non-hydrogen) atoms. The third-order valence-electron chi connectivity index (χ3n) is 3.51. The molecule has 4 heteroatoms. The van der Waals surface area contributed by atoms with Gasteiger partial charge in [-0.15, -0.1) is 0 Å². The van der Waals surface area contributed by atoms with Crippen molar-refractivity contribution in [1.82, 2.24) is 10.2 Å². The number of carbonyl (C=O) groups excluding carboxylic acids is 1. The van der Waals surface area contributed by atoms with E-state index in [0.29, 0.717) is 6.04 Å². The SMILES string of the molecule is CCCNC(CN1CCCC1CC)C(=O)OC. The lowest BCUT2D eigenvalue weighted by Crippen LogP contribution is -2.48. The topological polar surface area (TPSA) is 41.6 Å². The second-order valence-corrected chi connectivity index (χ2v) is 4.73. The van der Waals surface area contributed by atoms with Crippen LogP contribution in [0, 0.1) is 0 Å². The van der Waals surface area contributed by atoms with Crippen LogP contribution in [0.2, 0.25) is 0 Å². The Bertz CT molecular complexity index is 233. The third-order valence-corrected chi connectivity index (χ3v) is 3.51. The first-order valence-electron chi connectivity index (χ1n) is 6.78. The van der Waals surface area contributed by atoms with Gasteiger partial charge in [0.05, 0.1) is 7.11 Å². The number of hydrogen-bond donors (Lipinski definition) is 1. The molecular formula is C13H26N2O2. The first kappa shape index (κ1) is 14.5. The molecule has 2 atom stereocenters. The van der Waals surface area contributed by atoms with Crippen LogP contribution in [0.5, 0.6) is 0 Å². The summed E-state index contributed by atoms with van der Waals surface area (Å²) in [5.74, 6) is -0.139. The van der Waals surface area contributed by atoms with Gasteiger partial charge in [-0.2, -0.15) is 0 Å². The molecule has 0 aliphatic carbocycles. The van der Waals surface area contributed by atoms with Crippen molar-refractivity contribution in [1.29, 1.82) is 0 Å². The Balaban J connectivity index is 2.49. The molecule has 1 rings (SSSR count). The van der Waals surface area contributed by atoms with Crippen molar-refractivity contribution >= 4 is 5.97 Å². The van der Waals surface area contributed by atoms with Crippen LogP contribution < -0.4 is 5.32 Å². The smallest absolute Gasteiger partial charge is 0.324 e. The highest BCUT2D eigenvalue weighted by Gasteiger charge is 2.28. The molecule has 1 saturated heterocycles. The van der Waals surface area contributed by atoms with Crippen molar-refractivity contribution < 1.29 is 9.53 Å². The van der Waals surface area contributed by atoms with Gasteiger partial charge in [0.15, 0.2) is 0 Å². The standard InChI is InChI=1S/C13H26N2O2/c1-4-8-14-12(13(16)17-3)10-15-9-6-7-11(15)5-2/h11-12,14H,4-10H2,1-3H3. The van der Waals surface area contributed by atoms with Gasteiger partial charge >= 0.3 is 5.97 Å². The number of methoxy groups -OCH3 is 1. The van der Waals surface area contributed by atoms with Gasteiger partial charge < -0.3 is 10.1 Å². The fraction of sp³-hybridized carbons (Fsp3) is 0.923. The Morgan fingerprint density at radius 1 is 1.53 bits per heavy atom. The summed E-state index contributed by atoms with van der Waals surface area (Å²) in [6, 6.07) is 0.470. The van der Waals surface area contributed by atoms with Gasteiger partial charge in [-0.05, 0) is 38.8 Å². The highest BCUT2D eigenvalue weighted by molar-refractivity contribution is 5.75. The van der Waals surface area contributed by atoms with Crippen LogP contribution in [-0.4, -0.2) is 49.7 Å². The number of esters is 1. The second kappa shape index (κ2) is 7.67. The van der Waals surface area contributed by atoms with Gasteiger partial charge in [0, 0.05) is 12.6 Å². The molecule has 0 radical (unpaired) electrons. The van der Waals surface area contributed by atoms with E-state index in [9.17, 15) is 4.79 Å². The summed E-state index contributed by atoms with van der Waals surface area (Å²) in [7, 11) is 1.46. The molecule has 0 aromatic rings. The zero-order chi connectivity index (χ0) is 12.7. The largest absolute Gasteiger partial charge is 0.468 e. The summed E-state index contributed by atoms with van der Waals surface area (Å²) < 4.78 is 4.86. The quantitative estimate of drug-likeness (QED) is 0.685. The molecule has 0 aromatic carbocycles. The van der Waals surface area contributed by atoms with E-state index < -0.39 is 0 Å². The van der Waals surface area contributed by atoms with Crippen LogP contribution in [0.1, 0.15) is 39.5 Å². The fourth-order valence-electron chi connectivity index (χ4n) is 2.52. The molecule has 4 nitrogen and oxygen atoms in total. The van der Waals surface area contributed by atoms with E-state index in [4.69, 9.17) is 4.74 Å². The highest BCUT2D eigenvalue weighted by Crippen LogP contribution is 2.19. The molecule has 1 aliphatic rings. The van der Waals surface area contributed by atoms with Gasteiger partial charge in [-0.3, -0.25) is 9.69 Å². The van der Waals surface area contributed by atoms with Crippen LogP contribution in [0.3, 0.4) is 0 Å². The van der Waals surface area contributed by atoms with Crippen molar-refractivity contribution in [3.8, 4) is 0 Å². The molecule has 100 valence electrons. The van der Waals surface area contributed by atoms with E-state index in [-0.39, 0.29) is 12.0 Å². The fourth-order valence-corrected chi connectivity index (χ4v) is 2.52. The lowest BCUT2D eigenvalue weighted by atomic mass is 10.1. The minimum Gasteiger partial charge on any atom is -0.468 e. The maximum atomic E-state index is 11.7. The molecule has 1 N–H and O–H groups in total. The first-order chi connectivity index (χ1) is 8.22. The summed E-state index contributed by atoms with van der Waals surface area (Å²) in [4.78, 5) is 14.1. The molecule has 0 bridgehead atoms. The summed E-state index contributed by atoms with van der Waals surface area (Å²) in [5.41, 5.74) is 0. The van der Waals surface area contributed by atoms with E-state index in [0.717, 1.165) is 26.1 Å². The zero-order valence-electron chi connectivity index (χ0n) is 11.4. The maximum absolute atomic E-state index is 11.7. The van der Waals surface area contributed by atoms with E-state index in [1.54, 1.807) is 0 Å². The van der Waals surface area contributed by atoms with Crippen LogP contribution in [-0.2, 0) is 9.53 Å². The van der Waals surface area contributed by atoms with Crippen LogP contribution >= 0.6 is 0 Å². The molecule has 0 aromatic heterocycles. The Morgan fingerprint density at radius 2 is 2.29 bits per heavy atom. The van der Waals surface area contributed by atoms with E-state index in [1.165, 1.54) is 26.4 Å². The zero-order valence-corrected chi connectivity index (χ0v) is 11.4. The van der Waals surface area contributed by atoms with Crippen LogP contribution in [0.15, 0.2) is 0 Å². The average Bonchev–Trinajstić information content (AvgIpc) is 2.80. The molecule has 0 amide bonds. The van der Waals surface area contributed by atoms with Crippen molar-refractivity contribution in [2.75, 3.05) is 26.7 Å². The first-order valence-corrected chi connectivity index (χ1v) is 6.78. The normalized spacial score (nSPS) is 22.6. The monoisotopic (exact) mass is 242 g/mol. The number of likely N-dealkylation sites (tertiary alicyclic amines) is 1. The summed E-state index contributed by atoms with van der Waals surface area (Å²) in [6.07, 6.45) is 4.71. The van der Waals surface area contributed by atoms with Gasteiger partial charge in [-0.25, -0.2) is 0 Å². The molecule has 2 unspecified atom stereocenters.